The molecule has 0 unspecified atom stereocenters. The zero-order valence-corrected chi connectivity index (χ0v) is 18.8. The van der Waals surface area contributed by atoms with Crippen LogP contribution in [0.2, 0.25) is 5.02 Å². The van der Waals surface area contributed by atoms with Gasteiger partial charge < -0.3 is 19.5 Å². The smallest absolute Gasteiger partial charge is 0.411 e. The number of carbonyl (C=O) groups is 2. The predicted octanol–water partition coefficient (Wildman–Crippen LogP) is 4.33. The summed E-state index contributed by atoms with van der Waals surface area (Å²) < 4.78 is 11.2. The highest BCUT2D eigenvalue weighted by atomic mass is 35.5. The van der Waals surface area contributed by atoms with Gasteiger partial charge in [0.25, 0.3) is 5.91 Å². The number of hydrogen-bond acceptors (Lipinski definition) is 5. The number of carboxylic acid groups (broad SMARTS) is 1. The van der Waals surface area contributed by atoms with Gasteiger partial charge in [0.15, 0.2) is 0 Å². The number of nitrogens with zero attached hydrogens (tertiary/aromatic N) is 3. The minimum Gasteiger partial charge on any atom is -0.492 e. The highest BCUT2D eigenvalue weighted by Crippen LogP contribution is 2.25. The average molecular weight is 462 g/mol. The molecular weight excluding hydrogens is 434 g/mol. The number of amides is 2. The van der Waals surface area contributed by atoms with Crippen molar-refractivity contribution in [3.05, 3.63) is 53.3 Å². The lowest BCUT2D eigenvalue weighted by atomic mass is 10.0. The zero-order valence-electron chi connectivity index (χ0n) is 18.1. The van der Waals surface area contributed by atoms with Crippen LogP contribution in [0.4, 0.5) is 10.5 Å². The Morgan fingerprint density at radius 3 is 2.56 bits per heavy atom. The number of aromatic nitrogens is 1. The molecule has 0 aliphatic carbocycles. The molecule has 32 heavy (non-hydrogen) atoms. The van der Waals surface area contributed by atoms with E-state index in [1.165, 1.54) is 17.3 Å². The van der Waals surface area contributed by atoms with Gasteiger partial charge in [-0.3, -0.25) is 14.7 Å². The summed E-state index contributed by atoms with van der Waals surface area (Å²) in [4.78, 5) is 31.8. The second kappa shape index (κ2) is 11.7. The fraction of sp³-hybridized carbons (Fsp3) is 0.435. The Morgan fingerprint density at radius 1 is 1.19 bits per heavy atom. The van der Waals surface area contributed by atoms with Crippen molar-refractivity contribution in [3.63, 3.8) is 0 Å². The van der Waals surface area contributed by atoms with Crippen LogP contribution in [0, 0.1) is 0 Å². The van der Waals surface area contributed by atoms with E-state index in [1.54, 1.807) is 30.3 Å². The van der Waals surface area contributed by atoms with Gasteiger partial charge in [0.1, 0.15) is 12.4 Å². The first-order valence-corrected chi connectivity index (χ1v) is 11.1. The van der Waals surface area contributed by atoms with E-state index in [-0.39, 0.29) is 25.1 Å². The van der Waals surface area contributed by atoms with Gasteiger partial charge in [-0.15, -0.1) is 0 Å². The monoisotopic (exact) mass is 461 g/mol. The van der Waals surface area contributed by atoms with E-state index < -0.39 is 6.09 Å². The zero-order chi connectivity index (χ0) is 22.9. The molecule has 0 atom stereocenters. The van der Waals surface area contributed by atoms with E-state index in [0.717, 1.165) is 19.3 Å². The number of benzene rings is 1. The first-order valence-electron chi connectivity index (χ1n) is 10.7. The number of halogens is 1. The Balaban J connectivity index is 1.69. The molecule has 1 aromatic heterocycles. The van der Waals surface area contributed by atoms with Crippen molar-refractivity contribution in [2.24, 2.45) is 0 Å². The molecule has 1 fully saturated rings. The number of rotatable bonds is 9. The number of carbonyl (C=O) groups excluding carboxylic acids is 1. The highest BCUT2D eigenvalue weighted by Gasteiger charge is 2.26. The molecule has 3 rings (SSSR count). The van der Waals surface area contributed by atoms with Crippen molar-refractivity contribution in [3.8, 4) is 5.75 Å². The van der Waals surface area contributed by atoms with Gasteiger partial charge in [-0.1, -0.05) is 18.5 Å². The number of hydrogen-bond donors (Lipinski definition) is 1. The maximum Gasteiger partial charge on any atom is 0.411 e. The SMILES string of the molecule is CCCN(C(=O)c1cc(Cl)cc(OCCN(C(=O)O)c2ccncc2)c1)C1CCOCC1. The molecule has 8 nitrogen and oxygen atoms in total. The molecule has 1 N–H and O–H groups in total. The number of ether oxygens (including phenoxy) is 2. The summed E-state index contributed by atoms with van der Waals surface area (Å²) in [6.07, 6.45) is 4.45. The third-order valence-electron chi connectivity index (χ3n) is 5.26. The van der Waals surface area contributed by atoms with E-state index in [2.05, 4.69) is 4.98 Å². The van der Waals surface area contributed by atoms with Gasteiger partial charge >= 0.3 is 6.09 Å². The highest BCUT2D eigenvalue weighted by molar-refractivity contribution is 6.31. The summed E-state index contributed by atoms with van der Waals surface area (Å²) in [5.74, 6) is 0.333. The van der Waals surface area contributed by atoms with Crippen molar-refractivity contribution in [2.75, 3.05) is 37.8 Å². The van der Waals surface area contributed by atoms with E-state index in [9.17, 15) is 14.7 Å². The molecule has 2 amide bonds. The summed E-state index contributed by atoms with van der Waals surface area (Å²) in [7, 11) is 0. The van der Waals surface area contributed by atoms with Crippen LogP contribution in [-0.2, 0) is 4.74 Å². The Bertz CT molecular complexity index is 906. The summed E-state index contributed by atoms with van der Waals surface area (Å²) in [6.45, 7) is 4.22. The number of pyridine rings is 1. The van der Waals surface area contributed by atoms with Crippen LogP contribution in [0.15, 0.2) is 42.7 Å². The molecular formula is C23H28ClN3O5. The first kappa shape index (κ1) is 23.8. The van der Waals surface area contributed by atoms with E-state index in [4.69, 9.17) is 21.1 Å². The maximum absolute atomic E-state index is 13.3. The van der Waals surface area contributed by atoms with E-state index in [0.29, 0.717) is 41.8 Å². The minimum atomic E-state index is -1.09. The maximum atomic E-state index is 13.3. The van der Waals surface area contributed by atoms with Crippen LogP contribution in [0.3, 0.4) is 0 Å². The van der Waals surface area contributed by atoms with Crippen LogP contribution in [0.5, 0.6) is 5.75 Å². The van der Waals surface area contributed by atoms with Gasteiger partial charge in [-0.25, -0.2) is 4.79 Å². The standard InChI is InChI=1S/C23H28ClN3O5/c1-2-9-26(20-5-11-31-12-6-20)22(28)17-14-18(24)16-21(15-17)32-13-10-27(23(29)30)19-3-7-25-8-4-19/h3-4,7-8,14-16,20H,2,5-6,9-13H2,1H3,(H,29,30). The topological polar surface area (TPSA) is 92.2 Å². The van der Waals surface area contributed by atoms with Gasteiger partial charge in [-0.2, -0.15) is 0 Å². The second-order valence-electron chi connectivity index (χ2n) is 7.51. The largest absolute Gasteiger partial charge is 0.492 e. The number of anilines is 1. The Labute approximate surface area is 192 Å². The van der Waals surface area contributed by atoms with Crippen LogP contribution in [-0.4, -0.2) is 65.9 Å². The molecule has 0 bridgehead atoms. The predicted molar refractivity (Wildman–Crippen MR) is 122 cm³/mol. The van der Waals surface area contributed by atoms with Gasteiger partial charge in [0.05, 0.1) is 12.2 Å². The van der Waals surface area contributed by atoms with E-state index in [1.807, 2.05) is 11.8 Å². The van der Waals surface area contributed by atoms with Crippen LogP contribution >= 0.6 is 11.6 Å². The minimum absolute atomic E-state index is 0.0879. The van der Waals surface area contributed by atoms with Gasteiger partial charge in [0, 0.05) is 48.8 Å². The Kier molecular flexibility index (Phi) is 8.70. The molecule has 0 spiro atoms. The third-order valence-corrected chi connectivity index (χ3v) is 5.48. The molecule has 0 saturated carbocycles. The van der Waals surface area contributed by atoms with Crippen LogP contribution in [0.25, 0.3) is 0 Å². The molecule has 9 heteroatoms. The fourth-order valence-corrected chi connectivity index (χ4v) is 3.96. The molecule has 1 aliphatic rings. The third kappa shape index (κ3) is 6.34. The lowest BCUT2D eigenvalue weighted by Crippen LogP contribution is -2.43. The van der Waals surface area contributed by atoms with Gasteiger partial charge in [0.2, 0.25) is 0 Å². The van der Waals surface area contributed by atoms with Crippen LogP contribution in [0.1, 0.15) is 36.5 Å². The van der Waals surface area contributed by atoms with Crippen molar-refractivity contribution >= 4 is 29.3 Å². The molecule has 0 radical (unpaired) electrons. The fourth-order valence-electron chi connectivity index (χ4n) is 3.74. The van der Waals surface area contributed by atoms with Crippen molar-refractivity contribution in [2.45, 2.75) is 32.2 Å². The summed E-state index contributed by atoms with van der Waals surface area (Å²) in [5.41, 5.74) is 0.960. The van der Waals surface area contributed by atoms with E-state index >= 15 is 0 Å². The average Bonchev–Trinajstić information content (AvgIpc) is 2.80. The van der Waals surface area contributed by atoms with Crippen molar-refractivity contribution in [1.29, 1.82) is 0 Å². The lowest BCUT2D eigenvalue weighted by Gasteiger charge is -2.34. The molecule has 2 heterocycles. The van der Waals surface area contributed by atoms with Crippen LogP contribution < -0.4 is 9.64 Å². The Hall–Kier alpha value is -2.84. The molecule has 172 valence electrons. The Morgan fingerprint density at radius 2 is 1.91 bits per heavy atom. The van der Waals surface area contributed by atoms with Gasteiger partial charge in [-0.05, 0) is 49.6 Å². The second-order valence-corrected chi connectivity index (χ2v) is 7.94. The molecule has 2 aromatic rings. The lowest BCUT2D eigenvalue weighted by molar-refractivity contribution is 0.0290. The molecule has 1 aliphatic heterocycles. The van der Waals surface area contributed by atoms with Crippen molar-refractivity contribution < 1.29 is 24.2 Å². The quantitative estimate of drug-likeness (QED) is 0.597. The normalized spacial score (nSPS) is 14.1. The molecule has 1 aromatic carbocycles. The summed E-state index contributed by atoms with van der Waals surface area (Å²) in [6, 6.07) is 8.29. The summed E-state index contributed by atoms with van der Waals surface area (Å²) >= 11 is 6.27. The van der Waals surface area contributed by atoms with Crippen molar-refractivity contribution in [1.82, 2.24) is 9.88 Å². The molecule has 1 saturated heterocycles. The first-order chi connectivity index (χ1) is 15.5. The summed E-state index contributed by atoms with van der Waals surface area (Å²) in [5, 5.41) is 9.88.